The van der Waals surface area contributed by atoms with E-state index in [1.165, 1.54) is 16.7 Å². The largest absolute Gasteiger partial charge is 0.462 e. The molecule has 0 spiro atoms. The minimum Gasteiger partial charge on any atom is -0.403 e. The van der Waals surface area contributed by atoms with Crippen molar-refractivity contribution in [1.82, 2.24) is 0 Å². The Hall–Kier alpha value is -1.58. The fourth-order valence-corrected chi connectivity index (χ4v) is 2.83. The maximum atomic E-state index is 6.14. The van der Waals surface area contributed by atoms with Crippen molar-refractivity contribution in [2.24, 2.45) is 0 Å². The summed E-state index contributed by atoms with van der Waals surface area (Å²) in [5.74, 6) is 0. The molecule has 2 nitrogen and oxygen atoms in total. The van der Waals surface area contributed by atoms with Gasteiger partial charge in [0, 0.05) is 6.32 Å². The average Bonchev–Trinajstić information content (AvgIpc) is 2.68. The van der Waals surface area contributed by atoms with Crippen molar-refractivity contribution in [1.29, 1.82) is 0 Å². The Bertz CT molecular complexity index is 633. The fourth-order valence-electron chi connectivity index (χ4n) is 2.83. The van der Waals surface area contributed by atoms with Gasteiger partial charge < -0.3 is 9.31 Å². The molecule has 1 aliphatic rings. The van der Waals surface area contributed by atoms with Crippen molar-refractivity contribution in [2.45, 2.75) is 45.2 Å². The highest BCUT2D eigenvalue weighted by molar-refractivity contribution is 6.45. The summed E-state index contributed by atoms with van der Waals surface area (Å²) < 4.78 is 12.3. The molecule has 1 fully saturated rings. The van der Waals surface area contributed by atoms with E-state index in [-0.39, 0.29) is 18.3 Å². The first kappa shape index (κ1) is 15.3. The lowest BCUT2D eigenvalue weighted by molar-refractivity contribution is 0.00578. The molecule has 1 aliphatic heterocycles. The molecular formula is C19H23BO2. The molecule has 3 heteroatoms. The summed E-state index contributed by atoms with van der Waals surface area (Å²) >= 11 is 0. The van der Waals surface area contributed by atoms with E-state index in [0.29, 0.717) is 0 Å². The van der Waals surface area contributed by atoms with E-state index in [1.54, 1.807) is 0 Å². The Kier molecular flexibility index (Phi) is 3.88. The molecule has 114 valence electrons. The first-order chi connectivity index (χ1) is 10.4. The quantitative estimate of drug-likeness (QED) is 0.774. The molecule has 1 saturated heterocycles. The molecule has 2 aromatic carbocycles. The minimum atomic E-state index is -0.278. The average molecular weight is 294 g/mol. The predicted octanol–water partition coefficient (Wildman–Crippen LogP) is 4.53. The molecule has 0 bridgehead atoms. The van der Waals surface area contributed by atoms with Crippen LogP contribution in [0.3, 0.4) is 0 Å². The van der Waals surface area contributed by atoms with E-state index in [1.807, 2.05) is 6.07 Å². The zero-order valence-corrected chi connectivity index (χ0v) is 13.8. The molecule has 1 heterocycles. The van der Waals surface area contributed by atoms with Crippen LogP contribution >= 0.6 is 0 Å². The molecular weight excluding hydrogens is 271 g/mol. The monoisotopic (exact) mass is 294 g/mol. The Morgan fingerprint density at radius 2 is 1.32 bits per heavy atom. The van der Waals surface area contributed by atoms with Gasteiger partial charge in [-0.25, -0.2) is 0 Å². The predicted molar refractivity (Wildman–Crippen MR) is 91.7 cm³/mol. The molecule has 0 unspecified atom stereocenters. The lowest BCUT2D eigenvalue weighted by Crippen LogP contribution is -2.41. The topological polar surface area (TPSA) is 18.5 Å². The van der Waals surface area contributed by atoms with Gasteiger partial charge >= 0.3 is 7.12 Å². The summed E-state index contributed by atoms with van der Waals surface area (Å²) in [5.41, 5.74) is 3.18. The van der Waals surface area contributed by atoms with Crippen molar-refractivity contribution in [3.8, 4) is 11.1 Å². The minimum absolute atomic E-state index is 0.199. The Morgan fingerprint density at radius 1 is 0.773 bits per heavy atom. The maximum absolute atomic E-state index is 6.14. The van der Waals surface area contributed by atoms with E-state index < -0.39 is 0 Å². The van der Waals surface area contributed by atoms with Gasteiger partial charge in [-0.1, -0.05) is 54.6 Å². The van der Waals surface area contributed by atoms with Gasteiger partial charge in [0.15, 0.2) is 0 Å². The molecule has 0 atom stereocenters. The smallest absolute Gasteiger partial charge is 0.403 e. The van der Waals surface area contributed by atoms with Crippen molar-refractivity contribution in [2.75, 3.05) is 0 Å². The summed E-state index contributed by atoms with van der Waals surface area (Å²) in [6, 6.07) is 18.9. The zero-order chi connectivity index (χ0) is 15.8. The molecule has 0 radical (unpaired) electrons. The van der Waals surface area contributed by atoms with E-state index in [2.05, 4.69) is 76.2 Å². The lowest BCUT2D eigenvalue weighted by atomic mass is 9.78. The third kappa shape index (κ3) is 2.83. The van der Waals surface area contributed by atoms with E-state index >= 15 is 0 Å². The Balaban J connectivity index is 1.86. The Labute approximate surface area is 133 Å². The van der Waals surface area contributed by atoms with Crippen LogP contribution in [0.4, 0.5) is 0 Å². The van der Waals surface area contributed by atoms with Gasteiger partial charge in [0.05, 0.1) is 11.2 Å². The highest BCUT2D eigenvalue weighted by Gasteiger charge is 2.50. The number of rotatable bonds is 3. The molecule has 3 rings (SSSR count). The summed E-state index contributed by atoms with van der Waals surface area (Å²) in [5, 5.41) is 0. The van der Waals surface area contributed by atoms with Crippen LogP contribution in [0.25, 0.3) is 11.1 Å². The van der Waals surface area contributed by atoms with Crippen LogP contribution in [0.1, 0.15) is 33.3 Å². The van der Waals surface area contributed by atoms with Crippen molar-refractivity contribution in [3.05, 3.63) is 60.2 Å². The molecule has 0 aliphatic carbocycles. The van der Waals surface area contributed by atoms with Gasteiger partial charge in [-0.3, -0.25) is 0 Å². The summed E-state index contributed by atoms with van der Waals surface area (Å²) in [7, 11) is -0.199. The van der Waals surface area contributed by atoms with Crippen LogP contribution in [0.2, 0.25) is 0 Å². The van der Waals surface area contributed by atoms with E-state index in [0.717, 1.165) is 6.32 Å². The first-order valence-corrected chi connectivity index (χ1v) is 7.88. The SMILES string of the molecule is CC1(C)OB(Cc2ccccc2-c2ccccc2)OC1(C)C. The van der Waals surface area contributed by atoms with Crippen molar-refractivity contribution in [3.63, 3.8) is 0 Å². The maximum Gasteiger partial charge on any atom is 0.462 e. The van der Waals surface area contributed by atoms with Gasteiger partial charge in [-0.2, -0.15) is 0 Å². The summed E-state index contributed by atoms with van der Waals surface area (Å²) in [6.07, 6.45) is 0.762. The second-order valence-corrected chi connectivity index (χ2v) is 6.91. The third-order valence-electron chi connectivity index (χ3n) is 4.79. The van der Waals surface area contributed by atoms with Gasteiger partial charge in [0.25, 0.3) is 0 Å². The summed E-state index contributed by atoms with van der Waals surface area (Å²) in [6.45, 7) is 8.37. The number of hydrogen-bond donors (Lipinski definition) is 0. The van der Waals surface area contributed by atoms with Crippen molar-refractivity contribution >= 4 is 7.12 Å². The molecule has 22 heavy (non-hydrogen) atoms. The van der Waals surface area contributed by atoms with E-state index in [9.17, 15) is 0 Å². The van der Waals surface area contributed by atoms with Crippen LogP contribution in [0.15, 0.2) is 54.6 Å². The van der Waals surface area contributed by atoms with Crippen LogP contribution < -0.4 is 0 Å². The van der Waals surface area contributed by atoms with Gasteiger partial charge in [-0.15, -0.1) is 0 Å². The molecule has 0 amide bonds. The summed E-state index contributed by atoms with van der Waals surface area (Å²) in [4.78, 5) is 0. The second kappa shape index (κ2) is 5.56. The number of benzene rings is 2. The highest BCUT2D eigenvalue weighted by atomic mass is 16.7. The molecule has 0 N–H and O–H groups in total. The second-order valence-electron chi connectivity index (χ2n) is 6.91. The Morgan fingerprint density at radius 3 is 1.95 bits per heavy atom. The molecule has 0 aromatic heterocycles. The van der Waals surface area contributed by atoms with Crippen LogP contribution in [0.5, 0.6) is 0 Å². The fraction of sp³-hybridized carbons (Fsp3) is 0.368. The van der Waals surface area contributed by atoms with Crippen LogP contribution in [-0.2, 0) is 15.6 Å². The highest BCUT2D eigenvalue weighted by Crippen LogP contribution is 2.38. The van der Waals surface area contributed by atoms with Gasteiger partial charge in [0.1, 0.15) is 0 Å². The lowest BCUT2D eigenvalue weighted by Gasteiger charge is -2.32. The van der Waals surface area contributed by atoms with E-state index in [4.69, 9.17) is 9.31 Å². The molecule has 0 saturated carbocycles. The third-order valence-corrected chi connectivity index (χ3v) is 4.79. The number of hydrogen-bond acceptors (Lipinski definition) is 2. The molecule has 2 aromatic rings. The zero-order valence-electron chi connectivity index (χ0n) is 13.8. The van der Waals surface area contributed by atoms with Crippen molar-refractivity contribution < 1.29 is 9.31 Å². The van der Waals surface area contributed by atoms with Crippen LogP contribution in [-0.4, -0.2) is 18.3 Å². The first-order valence-electron chi connectivity index (χ1n) is 7.88. The van der Waals surface area contributed by atoms with Gasteiger partial charge in [-0.05, 0) is 44.4 Å². The van der Waals surface area contributed by atoms with Gasteiger partial charge in [0.2, 0.25) is 0 Å². The normalized spacial score (nSPS) is 19.4. The van der Waals surface area contributed by atoms with Crippen LogP contribution in [0, 0.1) is 0 Å². The standard InChI is InChI=1S/C19H23BO2/c1-18(2)19(3,4)22-20(21-18)14-16-12-8-9-13-17(16)15-10-6-5-7-11-15/h5-13H,14H2,1-4H3.